The van der Waals surface area contributed by atoms with Gasteiger partial charge in [0.2, 0.25) is 5.91 Å². The van der Waals surface area contributed by atoms with Gasteiger partial charge in [-0.2, -0.15) is 0 Å². The molecule has 0 fully saturated rings. The van der Waals surface area contributed by atoms with E-state index in [1.807, 2.05) is 24.3 Å². The van der Waals surface area contributed by atoms with E-state index in [1.54, 1.807) is 24.3 Å². The van der Waals surface area contributed by atoms with E-state index in [-0.39, 0.29) is 11.5 Å². The number of carboxylic acids is 1. The van der Waals surface area contributed by atoms with Crippen molar-refractivity contribution in [2.45, 2.75) is 6.92 Å². The summed E-state index contributed by atoms with van der Waals surface area (Å²) >= 11 is 0. The number of carbonyl (C=O) groups excluding carboxylic acids is 1. The zero-order valence-electron chi connectivity index (χ0n) is 10.4. The summed E-state index contributed by atoms with van der Waals surface area (Å²) in [5.74, 6) is -1.05. The molecule has 19 heavy (non-hydrogen) atoms. The second-order valence-corrected chi connectivity index (χ2v) is 4.14. The first-order chi connectivity index (χ1) is 9.06. The summed E-state index contributed by atoms with van der Waals surface area (Å²) in [4.78, 5) is 21.7. The highest BCUT2D eigenvalue weighted by molar-refractivity contribution is 5.89. The van der Waals surface area contributed by atoms with Gasteiger partial charge in [-0.15, -0.1) is 0 Å². The monoisotopic (exact) mass is 255 g/mol. The summed E-state index contributed by atoms with van der Waals surface area (Å²) < 4.78 is 0. The third-order valence-corrected chi connectivity index (χ3v) is 2.67. The number of aromatic carboxylic acids is 1. The molecule has 96 valence electrons. The van der Waals surface area contributed by atoms with Crippen LogP contribution in [0.5, 0.6) is 0 Å². The Hall–Kier alpha value is -2.62. The minimum atomic E-state index is -0.937. The number of benzene rings is 2. The van der Waals surface area contributed by atoms with Crippen LogP contribution in [0.2, 0.25) is 0 Å². The molecule has 0 radical (unpaired) electrons. The number of carboxylic acid groups (broad SMARTS) is 1. The fourth-order valence-electron chi connectivity index (χ4n) is 1.75. The Morgan fingerprint density at radius 2 is 1.37 bits per heavy atom. The minimum Gasteiger partial charge on any atom is -0.478 e. The first-order valence-electron chi connectivity index (χ1n) is 5.77. The third-order valence-electron chi connectivity index (χ3n) is 2.67. The average Bonchev–Trinajstić information content (AvgIpc) is 2.39. The Kier molecular flexibility index (Phi) is 3.61. The normalized spacial score (nSPS) is 9.95. The van der Waals surface area contributed by atoms with E-state index in [9.17, 15) is 9.59 Å². The highest BCUT2D eigenvalue weighted by atomic mass is 16.4. The van der Waals surface area contributed by atoms with Gasteiger partial charge in [-0.3, -0.25) is 4.79 Å². The maximum atomic E-state index is 10.9. The molecule has 2 aromatic carbocycles. The molecule has 0 aromatic heterocycles. The van der Waals surface area contributed by atoms with Crippen molar-refractivity contribution in [2.24, 2.45) is 0 Å². The highest BCUT2D eigenvalue weighted by Gasteiger charge is 2.03. The molecule has 1 amide bonds. The van der Waals surface area contributed by atoms with Crippen molar-refractivity contribution in [2.75, 3.05) is 5.32 Å². The van der Waals surface area contributed by atoms with E-state index >= 15 is 0 Å². The van der Waals surface area contributed by atoms with E-state index in [0.29, 0.717) is 0 Å². The number of anilines is 1. The van der Waals surface area contributed by atoms with E-state index in [1.165, 1.54) is 6.92 Å². The first kappa shape index (κ1) is 12.8. The molecule has 0 atom stereocenters. The van der Waals surface area contributed by atoms with Crippen LogP contribution < -0.4 is 5.32 Å². The fourth-order valence-corrected chi connectivity index (χ4v) is 1.75. The van der Waals surface area contributed by atoms with Crippen LogP contribution in [0.1, 0.15) is 17.3 Å². The van der Waals surface area contributed by atoms with Gasteiger partial charge in [-0.1, -0.05) is 24.3 Å². The summed E-state index contributed by atoms with van der Waals surface area (Å²) in [6.45, 7) is 1.46. The number of hydrogen-bond acceptors (Lipinski definition) is 2. The van der Waals surface area contributed by atoms with Crippen LogP contribution in [-0.4, -0.2) is 17.0 Å². The van der Waals surface area contributed by atoms with Gasteiger partial charge in [0, 0.05) is 12.6 Å². The number of rotatable bonds is 3. The third kappa shape index (κ3) is 3.19. The van der Waals surface area contributed by atoms with Crippen LogP contribution in [0.15, 0.2) is 48.5 Å². The SMILES string of the molecule is CC(=O)Nc1ccc(-c2ccc(C(=O)O)cc2)cc1. The fraction of sp³-hybridized carbons (Fsp3) is 0.0667. The Labute approximate surface area is 110 Å². The average molecular weight is 255 g/mol. The lowest BCUT2D eigenvalue weighted by atomic mass is 10.0. The van der Waals surface area contributed by atoms with Crippen molar-refractivity contribution >= 4 is 17.6 Å². The van der Waals surface area contributed by atoms with Crippen molar-refractivity contribution in [3.05, 3.63) is 54.1 Å². The molecule has 0 spiro atoms. The van der Waals surface area contributed by atoms with Gasteiger partial charge in [0.1, 0.15) is 0 Å². The van der Waals surface area contributed by atoms with Crippen LogP contribution in [0.3, 0.4) is 0 Å². The van der Waals surface area contributed by atoms with Crippen molar-refractivity contribution in [1.29, 1.82) is 0 Å². The quantitative estimate of drug-likeness (QED) is 0.885. The molecule has 0 heterocycles. The predicted molar refractivity (Wildman–Crippen MR) is 73.1 cm³/mol. The second-order valence-electron chi connectivity index (χ2n) is 4.14. The molecule has 0 unspecified atom stereocenters. The van der Waals surface area contributed by atoms with Crippen LogP contribution >= 0.6 is 0 Å². The maximum Gasteiger partial charge on any atom is 0.335 e. The molecule has 2 aromatic rings. The Morgan fingerprint density at radius 1 is 0.895 bits per heavy atom. The molecule has 0 aliphatic heterocycles. The van der Waals surface area contributed by atoms with Gasteiger partial charge in [-0.25, -0.2) is 4.79 Å². The van der Waals surface area contributed by atoms with E-state index in [2.05, 4.69) is 5.32 Å². The Bertz CT molecular complexity index is 600. The summed E-state index contributed by atoms with van der Waals surface area (Å²) in [7, 11) is 0. The highest BCUT2D eigenvalue weighted by Crippen LogP contribution is 2.21. The van der Waals surface area contributed by atoms with Crippen molar-refractivity contribution in [3.8, 4) is 11.1 Å². The van der Waals surface area contributed by atoms with Crippen LogP contribution in [-0.2, 0) is 4.79 Å². The van der Waals surface area contributed by atoms with Gasteiger partial charge in [0.05, 0.1) is 5.56 Å². The van der Waals surface area contributed by atoms with Crippen molar-refractivity contribution in [1.82, 2.24) is 0 Å². The second kappa shape index (κ2) is 5.35. The molecular formula is C15H13NO3. The lowest BCUT2D eigenvalue weighted by Crippen LogP contribution is -2.05. The molecule has 0 saturated carbocycles. The maximum absolute atomic E-state index is 10.9. The van der Waals surface area contributed by atoms with E-state index < -0.39 is 5.97 Å². The molecule has 2 N–H and O–H groups in total. The molecule has 4 heteroatoms. The minimum absolute atomic E-state index is 0.112. The van der Waals surface area contributed by atoms with Gasteiger partial charge >= 0.3 is 5.97 Å². The van der Waals surface area contributed by atoms with Crippen LogP contribution in [0.4, 0.5) is 5.69 Å². The van der Waals surface area contributed by atoms with Gasteiger partial charge < -0.3 is 10.4 Å². The van der Waals surface area contributed by atoms with E-state index in [4.69, 9.17) is 5.11 Å². The van der Waals surface area contributed by atoms with Crippen molar-refractivity contribution in [3.63, 3.8) is 0 Å². The lowest BCUT2D eigenvalue weighted by Gasteiger charge is -2.05. The zero-order valence-corrected chi connectivity index (χ0v) is 10.4. The molecular weight excluding hydrogens is 242 g/mol. The standard InChI is InChI=1S/C15H13NO3/c1-10(17)16-14-8-6-12(7-9-14)11-2-4-13(5-3-11)15(18)19/h2-9H,1H3,(H,16,17)(H,18,19). The molecule has 0 aliphatic carbocycles. The summed E-state index contributed by atoms with van der Waals surface area (Å²) in [5.41, 5.74) is 2.89. The molecule has 0 saturated heterocycles. The van der Waals surface area contributed by atoms with Gasteiger partial charge in [0.25, 0.3) is 0 Å². The van der Waals surface area contributed by atoms with Crippen LogP contribution in [0.25, 0.3) is 11.1 Å². The number of carbonyl (C=O) groups is 2. The molecule has 0 bridgehead atoms. The van der Waals surface area contributed by atoms with Crippen molar-refractivity contribution < 1.29 is 14.7 Å². The number of nitrogens with one attached hydrogen (secondary N) is 1. The predicted octanol–water partition coefficient (Wildman–Crippen LogP) is 3.01. The first-order valence-corrected chi connectivity index (χ1v) is 5.77. The lowest BCUT2D eigenvalue weighted by molar-refractivity contribution is -0.114. The molecule has 4 nitrogen and oxygen atoms in total. The molecule has 2 rings (SSSR count). The number of amides is 1. The Morgan fingerprint density at radius 3 is 1.79 bits per heavy atom. The topological polar surface area (TPSA) is 66.4 Å². The summed E-state index contributed by atoms with van der Waals surface area (Å²) in [6.07, 6.45) is 0. The zero-order chi connectivity index (χ0) is 13.8. The summed E-state index contributed by atoms with van der Waals surface area (Å²) in [5, 5.41) is 11.5. The summed E-state index contributed by atoms with van der Waals surface area (Å²) in [6, 6.07) is 14.0. The molecule has 0 aliphatic rings. The Balaban J connectivity index is 2.22. The van der Waals surface area contributed by atoms with Crippen LogP contribution in [0, 0.1) is 0 Å². The van der Waals surface area contributed by atoms with E-state index in [0.717, 1.165) is 16.8 Å². The smallest absolute Gasteiger partial charge is 0.335 e. The van der Waals surface area contributed by atoms with Gasteiger partial charge in [-0.05, 0) is 35.4 Å². The van der Waals surface area contributed by atoms with Gasteiger partial charge in [0.15, 0.2) is 0 Å². The number of hydrogen-bond donors (Lipinski definition) is 2. The largest absolute Gasteiger partial charge is 0.478 e.